The normalized spacial score (nSPS) is 10.9. The summed E-state index contributed by atoms with van der Waals surface area (Å²) in [5.74, 6) is 0.360. The van der Waals surface area contributed by atoms with Crippen LogP contribution in [0, 0.1) is 0 Å². The fourth-order valence-electron chi connectivity index (χ4n) is 1.71. The number of rotatable bonds is 3. The molecule has 0 atom stereocenters. The molecule has 0 spiro atoms. The number of hydrogen-bond donors (Lipinski definition) is 1. The first-order valence-electron chi connectivity index (χ1n) is 6.45. The fraction of sp³-hybridized carbons (Fsp3) is 0.250. The van der Waals surface area contributed by atoms with Gasteiger partial charge in [-0.15, -0.1) is 0 Å². The van der Waals surface area contributed by atoms with Gasteiger partial charge in [-0.05, 0) is 45.0 Å². The first-order chi connectivity index (χ1) is 9.46. The molecule has 1 aromatic carbocycles. The molecule has 0 saturated heterocycles. The van der Waals surface area contributed by atoms with E-state index in [-0.39, 0.29) is 11.5 Å². The van der Waals surface area contributed by atoms with Crippen LogP contribution in [-0.2, 0) is 0 Å². The summed E-state index contributed by atoms with van der Waals surface area (Å²) in [6.45, 7) is 5.84. The van der Waals surface area contributed by atoms with Gasteiger partial charge in [-0.1, -0.05) is 12.1 Å². The molecule has 4 nitrogen and oxygen atoms in total. The molecule has 4 heteroatoms. The van der Waals surface area contributed by atoms with E-state index >= 15 is 0 Å². The van der Waals surface area contributed by atoms with Gasteiger partial charge in [0, 0.05) is 6.20 Å². The molecule has 0 fully saturated rings. The predicted molar refractivity (Wildman–Crippen MR) is 79.0 cm³/mol. The molecule has 0 bridgehead atoms. The quantitative estimate of drug-likeness (QED) is 0.928. The molecule has 2 rings (SSSR count). The van der Waals surface area contributed by atoms with Crippen LogP contribution in [0.4, 0.5) is 5.69 Å². The summed E-state index contributed by atoms with van der Waals surface area (Å²) in [5.41, 5.74) is 0.805. The zero-order valence-corrected chi connectivity index (χ0v) is 11.9. The minimum Gasteiger partial charge on any atom is -0.487 e. The zero-order chi connectivity index (χ0) is 14.6. The van der Waals surface area contributed by atoms with Gasteiger partial charge in [0.2, 0.25) is 0 Å². The van der Waals surface area contributed by atoms with Crippen molar-refractivity contribution in [3.05, 3.63) is 54.4 Å². The highest BCUT2D eigenvalue weighted by Crippen LogP contribution is 2.23. The SMILES string of the molecule is CC(C)(C)Oc1ccccc1C(=O)Nc1cccnc1. The lowest BCUT2D eigenvalue weighted by Gasteiger charge is -2.22. The van der Waals surface area contributed by atoms with Crippen LogP contribution in [0.25, 0.3) is 0 Å². The predicted octanol–water partition coefficient (Wildman–Crippen LogP) is 3.51. The van der Waals surface area contributed by atoms with E-state index in [9.17, 15) is 4.79 Å². The van der Waals surface area contributed by atoms with Crippen LogP contribution in [0.3, 0.4) is 0 Å². The van der Waals surface area contributed by atoms with Crippen molar-refractivity contribution in [3.8, 4) is 5.75 Å². The number of amides is 1. The van der Waals surface area contributed by atoms with Crippen molar-refractivity contribution in [1.29, 1.82) is 0 Å². The minimum atomic E-state index is -0.356. The molecule has 1 aromatic heterocycles. The van der Waals surface area contributed by atoms with Crippen LogP contribution in [0.15, 0.2) is 48.8 Å². The Morgan fingerprint density at radius 1 is 1.15 bits per heavy atom. The molecule has 20 heavy (non-hydrogen) atoms. The van der Waals surface area contributed by atoms with E-state index in [4.69, 9.17) is 4.74 Å². The van der Waals surface area contributed by atoms with Crippen molar-refractivity contribution in [2.75, 3.05) is 5.32 Å². The fourth-order valence-corrected chi connectivity index (χ4v) is 1.71. The van der Waals surface area contributed by atoms with Crippen LogP contribution >= 0.6 is 0 Å². The van der Waals surface area contributed by atoms with Crippen LogP contribution in [-0.4, -0.2) is 16.5 Å². The molecule has 0 aliphatic carbocycles. The Labute approximate surface area is 118 Å². The van der Waals surface area contributed by atoms with Crippen molar-refractivity contribution in [3.63, 3.8) is 0 Å². The maximum Gasteiger partial charge on any atom is 0.259 e. The Kier molecular flexibility index (Phi) is 4.03. The maximum atomic E-state index is 12.3. The Morgan fingerprint density at radius 3 is 2.55 bits per heavy atom. The molecule has 0 saturated carbocycles. The highest BCUT2D eigenvalue weighted by atomic mass is 16.5. The topological polar surface area (TPSA) is 51.2 Å². The number of nitrogens with zero attached hydrogens (tertiary/aromatic N) is 1. The third-order valence-electron chi connectivity index (χ3n) is 2.47. The van der Waals surface area contributed by atoms with E-state index in [2.05, 4.69) is 10.3 Å². The number of carbonyl (C=O) groups excluding carboxylic acids is 1. The summed E-state index contributed by atoms with van der Waals surface area (Å²) < 4.78 is 5.82. The Hall–Kier alpha value is -2.36. The van der Waals surface area contributed by atoms with Crippen molar-refractivity contribution in [1.82, 2.24) is 4.98 Å². The Morgan fingerprint density at radius 2 is 1.90 bits per heavy atom. The summed E-state index contributed by atoms with van der Waals surface area (Å²) in [6, 6.07) is 10.8. The second-order valence-electron chi connectivity index (χ2n) is 5.41. The van der Waals surface area contributed by atoms with Gasteiger partial charge in [-0.25, -0.2) is 0 Å². The molecule has 1 N–H and O–H groups in total. The van der Waals surface area contributed by atoms with Gasteiger partial charge in [-0.2, -0.15) is 0 Å². The minimum absolute atomic E-state index is 0.210. The van der Waals surface area contributed by atoms with Gasteiger partial charge in [0.15, 0.2) is 0 Å². The van der Waals surface area contributed by atoms with Crippen molar-refractivity contribution >= 4 is 11.6 Å². The van der Waals surface area contributed by atoms with E-state index in [1.807, 2.05) is 32.9 Å². The van der Waals surface area contributed by atoms with Crippen molar-refractivity contribution < 1.29 is 9.53 Å². The number of aromatic nitrogens is 1. The average molecular weight is 270 g/mol. The third-order valence-corrected chi connectivity index (χ3v) is 2.47. The van der Waals surface area contributed by atoms with Gasteiger partial charge in [0.05, 0.1) is 17.4 Å². The molecule has 0 aliphatic heterocycles. The number of para-hydroxylation sites is 1. The number of ether oxygens (including phenoxy) is 1. The molecule has 0 radical (unpaired) electrons. The maximum absolute atomic E-state index is 12.3. The number of carbonyl (C=O) groups is 1. The van der Waals surface area contributed by atoms with Crippen molar-refractivity contribution in [2.24, 2.45) is 0 Å². The monoisotopic (exact) mass is 270 g/mol. The number of hydrogen-bond acceptors (Lipinski definition) is 3. The number of benzene rings is 1. The molecule has 0 unspecified atom stereocenters. The van der Waals surface area contributed by atoms with Gasteiger partial charge >= 0.3 is 0 Å². The molecule has 1 amide bonds. The van der Waals surface area contributed by atoms with E-state index in [0.717, 1.165) is 0 Å². The summed E-state index contributed by atoms with van der Waals surface area (Å²) >= 11 is 0. The smallest absolute Gasteiger partial charge is 0.259 e. The summed E-state index contributed by atoms with van der Waals surface area (Å²) in [7, 11) is 0. The second kappa shape index (κ2) is 5.74. The van der Waals surface area contributed by atoms with E-state index < -0.39 is 0 Å². The molecule has 104 valence electrons. The first-order valence-corrected chi connectivity index (χ1v) is 6.45. The summed E-state index contributed by atoms with van der Waals surface area (Å²) in [6.07, 6.45) is 3.26. The lowest BCUT2D eigenvalue weighted by atomic mass is 10.1. The number of nitrogens with one attached hydrogen (secondary N) is 1. The largest absolute Gasteiger partial charge is 0.487 e. The van der Waals surface area contributed by atoms with Crippen LogP contribution in [0.2, 0.25) is 0 Å². The van der Waals surface area contributed by atoms with E-state index in [0.29, 0.717) is 17.0 Å². The average Bonchev–Trinajstić information content (AvgIpc) is 2.38. The molecular weight excluding hydrogens is 252 g/mol. The van der Waals surface area contributed by atoms with Crippen LogP contribution in [0.5, 0.6) is 5.75 Å². The zero-order valence-electron chi connectivity index (χ0n) is 11.9. The number of anilines is 1. The lowest BCUT2D eigenvalue weighted by Crippen LogP contribution is -2.25. The molecule has 1 heterocycles. The summed E-state index contributed by atoms with van der Waals surface area (Å²) in [4.78, 5) is 16.3. The highest BCUT2D eigenvalue weighted by molar-refractivity contribution is 6.06. The van der Waals surface area contributed by atoms with Crippen LogP contribution < -0.4 is 10.1 Å². The highest BCUT2D eigenvalue weighted by Gasteiger charge is 2.18. The van der Waals surface area contributed by atoms with Crippen molar-refractivity contribution in [2.45, 2.75) is 26.4 Å². The second-order valence-corrected chi connectivity index (χ2v) is 5.41. The first kappa shape index (κ1) is 14.1. The van der Waals surface area contributed by atoms with E-state index in [1.165, 1.54) is 0 Å². The third kappa shape index (κ3) is 3.82. The lowest BCUT2D eigenvalue weighted by molar-refractivity contribution is 0.0999. The van der Waals surface area contributed by atoms with Gasteiger partial charge in [0.25, 0.3) is 5.91 Å². The Balaban J connectivity index is 2.22. The molecule has 0 aliphatic rings. The summed E-state index contributed by atoms with van der Waals surface area (Å²) in [5, 5.41) is 2.80. The van der Waals surface area contributed by atoms with Gasteiger partial charge in [0.1, 0.15) is 11.4 Å². The van der Waals surface area contributed by atoms with E-state index in [1.54, 1.807) is 36.7 Å². The van der Waals surface area contributed by atoms with Gasteiger partial charge < -0.3 is 10.1 Å². The Bertz CT molecular complexity index is 589. The van der Waals surface area contributed by atoms with Gasteiger partial charge in [-0.3, -0.25) is 9.78 Å². The van der Waals surface area contributed by atoms with Crippen LogP contribution in [0.1, 0.15) is 31.1 Å². The molecule has 2 aromatic rings. The molecular formula is C16H18N2O2. The standard InChI is InChI=1S/C16H18N2O2/c1-16(2,3)20-14-9-5-4-8-13(14)15(19)18-12-7-6-10-17-11-12/h4-11H,1-3H3,(H,18,19). The number of pyridine rings is 1.